The molecule has 0 aliphatic rings. The second-order valence-electron chi connectivity index (χ2n) is 3.11. The van der Waals surface area contributed by atoms with E-state index >= 15 is 0 Å². The van der Waals surface area contributed by atoms with E-state index in [1.54, 1.807) is 4.52 Å². The molecule has 0 saturated carbocycles. The first-order valence-corrected chi connectivity index (χ1v) is 6.52. The Morgan fingerprint density at radius 1 is 1.44 bits per heavy atom. The van der Waals surface area contributed by atoms with Crippen LogP contribution in [0.15, 0.2) is 15.7 Å². The zero-order valence-corrected chi connectivity index (χ0v) is 10.2. The highest BCUT2D eigenvalue weighted by Gasteiger charge is 2.14. The van der Waals surface area contributed by atoms with Gasteiger partial charge in [-0.25, -0.2) is 0 Å². The molecule has 0 aliphatic heterocycles. The molecule has 0 fully saturated rings. The average molecular weight is 253 g/mol. The summed E-state index contributed by atoms with van der Waals surface area (Å²) in [6.45, 7) is 1.85. The molecule has 0 radical (unpaired) electrons. The normalized spacial score (nSPS) is 11.4. The molecule has 82 valence electrons. The van der Waals surface area contributed by atoms with E-state index in [4.69, 9.17) is 4.52 Å². The Kier molecular flexibility index (Phi) is 2.18. The molecule has 16 heavy (non-hydrogen) atoms. The summed E-state index contributed by atoms with van der Waals surface area (Å²) in [6.07, 6.45) is 1.94. The maximum Gasteiger partial charge on any atom is 0.235 e. The van der Waals surface area contributed by atoms with Gasteiger partial charge in [-0.05, 0) is 13.2 Å². The summed E-state index contributed by atoms with van der Waals surface area (Å²) >= 11 is 2.95. The van der Waals surface area contributed by atoms with Crippen molar-refractivity contribution in [1.29, 1.82) is 0 Å². The summed E-state index contributed by atoms with van der Waals surface area (Å²) in [5, 5.41) is 17.9. The van der Waals surface area contributed by atoms with Crippen molar-refractivity contribution in [2.75, 3.05) is 6.26 Å². The van der Waals surface area contributed by atoms with E-state index in [2.05, 4.69) is 20.5 Å². The third kappa shape index (κ3) is 1.41. The summed E-state index contributed by atoms with van der Waals surface area (Å²) < 4.78 is 6.73. The first kappa shape index (κ1) is 9.79. The molecule has 0 saturated heterocycles. The lowest BCUT2D eigenvalue weighted by Crippen LogP contribution is -1.87. The van der Waals surface area contributed by atoms with Gasteiger partial charge < -0.3 is 4.52 Å². The Hall–Kier alpha value is -1.41. The Balaban J connectivity index is 2.15. The van der Waals surface area contributed by atoms with E-state index in [0.29, 0.717) is 0 Å². The molecule has 3 aromatic heterocycles. The Bertz CT molecular complexity index is 640. The Morgan fingerprint density at radius 2 is 2.31 bits per heavy atom. The zero-order chi connectivity index (χ0) is 11.1. The number of aryl methyl sites for hydroxylation is 1. The van der Waals surface area contributed by atoms with Crippen LogP contribution in [0.5, 0.6) is 0 Å². The molecule has 3 rings (SSSR count). The highest BCUT2D eigenvalue weighted by atomic mass is 32.2. The molecule has 0 unspecified atom stereocenters. The van der Waals surface area contributed by atoms with Crippen LogP contribution < -0.4 is 0 Å². The predicted molar refractivity (Wildman–Crippen MR) is 60.7 cm³/mol. The molecule has 6 nitrogen and oxygen atoms in total. The van der Waals surface area contributed by atoms with Gasteiger partial charge in [0.05, 0.1) is 0 Å². The fourth-order valence-corrected chi connectivity index (χ4v) is 2.57. The van der Waals surface area contributed by atoms with Crippen molar-refractivity contribution in [2.24, 2.45) is 0 Å². The summed E-state index contributed by atoms with van der Waals surface area (Å²) in [5.41, 5.74) is 0.736. The van der Waals surface area contributed by atoms with E-state index in [9.17, 15) is 0 Å². The monoisotopic (exact) mass is 253 g/mol. The van der Waals surface area contributed by atoms with Crippen molar-refractivity contribution < 1.29 is 4.52 Å². The van der Waals surface area contributed by atoms with Crippen molar-refractivity contribution >= 4 is 28.1 Å². The molecule has 0 amide bonds. The number of hydrogen-bond donors (Lipinski definition) is 0. The van der Waals surface area contributed by atoms with Crippen molar-refractivity contribution in [3.05, 3.63) is 11.8 Å². The lowest BCUT2D eigenvalue weighted by molar-refractivity contribution is 0.399. The predicted octanol–water partition coefficient (Wildman–Crippen LogP) is 1.87. The van der Waals surface area contributed by atoms with Gasteiger partial charge in [-0.3, -0.25) is 0 Å². The maximum absolute atomic E-state index is 5.01. The summed E-state index contributed by atoms with van der Waals surface area (Å²) in [7, 11) is 0. The smallest absolute Gasteiger partial charge is 0.235 e. The van der Waals surface area contributed by atoms with Gasteiger partial charge in [0.2, 0.25) is 10.1 Å². The second-order valence-corrected chi connectivity index (χ2v) is 4.84. The number of nitrogens with zero attached hydrogens (tertiary/aromatic N) is 5. The number of rotatable bonds is 2. The molecule has 0 atom stereocenters. The molecular formula is C8H7N5OS2. The van der Waals surface area contributed by atoms with Crippen LogP contribution >= 0.6 is 23.1 Å². The number of hydrogen-bond acceptors (Lipinski definition) is 7. The lowest BCUT2D eigenvalue weighted by Gasteiger charge is -1.86. The second kappa shape index (κ2) is 3.56. The van der Waals surface area contributed by atoms with Gasteiger partial charge in [-0.15, -0.1) is 10.2 Å². The Morgan fingerprint density at radius 3 is 3.00 bits per heavy atom. The standard InChI is InChI=1S/C8H7N5OS2/c1-4-3-5(12-14-4)6-11-13-7(15-2)9-10-8(13)16-6/h3H,1-2H3. The van der Waals surface area contributed by atoms with Crippen LogP contribution in [-0.4, -0.2) is 31.2 Å². The van der Waals surface area contributed by atoms with E-state index in [-0.39, 0.29) is 0 Å². The number of aromatic nitrogens is 5. The highest BCUT2D eigenvalue weighted by molar-refractivity contribution is 7.98. The summed E-state index contributed by atoms with van der Waals surface area (Å²) in [6, 6.07) is 1.85. The van der Waals surface area contributed by atoms with Gasteiger partial charge >= 0.3 is 0 Å². The van der Waals surface area contributed by atoms with Crippen LogP contribution in [0, 0.1) is 6.92 Å². The fourth-order valence-electron chi connectivity index (χ4n) is 1.30. The topological polar surface area (TPSA) is 69.1 Å². The minimum atomic E-state index is 0.736. The minimum absolute atomic E-state index is 0.736. The summed E-state index contributed by atoms with van der Waals surface area (Å²) in [4.78, 5) is 0.764. The van der Waals surface area contributed by atoms with Crippen LogP contribution in [0.25, 0.3) is 15.7 Å². The van der Waals surface area contributed by atoms with Gasteiger partial charge in [0.15, 0.2) is 5.01 Å². The van der Waals surface area contributed by atoms with Crippen LogP contribution in [0.2, 0.25) is 0 Å². The molecule has 0 aliphatic carbocycles. The maximum atomic E-state index is 5.01. The van der Waals surface area contributed by atoms with Crippen molar-refractivity contribution in [2.45, 2.75) is 12.1 Å². The van der Waals surface area contributed by atoms with Crippen LogP contribution in [-0.2, 0) is 0 Å². The largest absolute Gasteiger partial charge is 0.361 e. The third-order valence-electron chi connectivity index (χ3n) is 1.99. The van der Waals surface area contributed by atoms with Gasteiger partial charge in [0.25, 0.3) is 0 Å². The van der Waals surface area contributed by atoms with Gasteiger partial charge in [0.1, 0.15) is 11.5 Å². The van der Waals surface area contributed by atoms with Crippen LogP contribution in [0.4, 0.5) is 0 Å². The van der Waals surface area contributed by atoms with Crippen LogP contribution in [0.3, 0.4) is 0 Å². The SMILES string of the molecule is CSc1nnc2sc(-c3cc(C)on3)nn12. The fraction of sp³-hybridized carbons (Fsp3) is 0.250. The molecule has 3 aromatic rings. The van der Waals surface area contributed by atoms with Gasteiger partial charge in [-0.1, -0.05) is 28.3 Å². The first-order valence-electron chi connectivity index (χ1n) is 4.48. The molecule has 0 spiro atoms. The molecule has 3 heterocycles. The van der Waals surface area contributed by atoms with Gasteiger partial charge in [-0.2, -0.15) is 9.61 Å². The van der Waals surface area contributed by atoms with E-state index in [0.717, 1.165) is 26.6 Å². The average Bonchev–Trinajstić information content (AvgIpc) is 2.90. The minimum Gasteiger partial charge on any atom is -0.361 e. The first-order chi connectivity index (χ1) is 7.78. The molecular weight excluding hydrogens is 246 g/mol. The van der Waals surface area contributed by atoms with Crippen molar-refractivity contribution in [3.63, 3.8) is 0 Å². The van der Waals surface area contributed by atoms with Crippen molar-refractivity contribution in [3.8, 4) is 10.7 Å². The van der Waals surface area contributed by atoms with E-state index < -0.39 is 0 Å². The summed E-state index contributed by atoms with van der Waals surface area (Å²) in [5.74, 6) is 0.769. The third-order valence-corrected chi connectivity index (χ3v) is 3.53. The molecule has 0 N–H and O–H groups in total. The highest BCUT2D eigenvalue weighted by Crippen LogP contribution is 2.26. The van der Waals surface area contributed by atoms with Crippen LogP contribution in [0.1, 0.15) is 5.76 Å². The number of thioether (sulfide) groups is 1. The number of fused-ring (bicyclic) bond motifs is 1. The molecule has 0 aromatic carbocycles. The Labute approximate surface area is 98.7 Å². The lowest BCUT2D eigenvalue weighted by atomic mass is 10.4. The molecule has 0 bridgehead atoms. The molecule has 8 heteroatoms. The van der Waals surface area contributed by atoms with E-state index in [1.165, 1.54) is 23.1 Å². The quantitative estimate of drug-likeness (QED) is 0.649. The van der Waals surface area contributed by atoms with Crippen molar-refractivity contribution in [1.82, 2.24) is 25.0 Å². The van der Waals surface area contributed by atoms with Gasteiger partial charge in [0, 0.05) is 6.07 Å². The van der Waals surface area contributed by atoms with E-state index in [1.807, 2.05) is 19.2 Å². The zero-order valence-electron chi connectivity index (χ0n) is 8.54.